The van der Waals surface area contributed by atoms with Gasteiger partial charge in [-0.3, -0.25) is 0 Å². The Morgan fingerprint density at radius 2 is 2.08 bits per heavy atom. The molecule has 0 radical (unpaired) electrons. The fourth-order valence-electron chi connectivity index (χ4n) is 4.47. The lowest BCUT2D eigenvalue weighted by molar-refractivity contribution is -0.0962. The first kappa shape index (κ1) is 27.3. The summed E-state index contributed by atoms with van der Waals surface area (Å²) in [6.45, 7) is 7.22. The second-order valence-electron chi connectivity index (χ2n) is 9.78. The van der Waals surface area contributed by atoms with Gasteiger partial charge < -0.3 is 19.8 Å². The number of hydrogen-bond acceptors (Lipinski definition) is 6. The molecule has 8 nitrogen and oxygen atoms in total. The first-order valence-electron chi connectivity index (χ1n) is 11.5. The second-order valence-corrected chi connectivity index (χ2v) is 10.9. The number of alkyl carbamates (subject to hydrolysis) is 1. The summed E-state index contributed by atoms with van der Waals surface area (Å²) in [6.07, 6.45) is -2.91. The number of ether oxygens (including phenoxy) is 1. The van der Waals surface area contributed by atoms with Crippen LogP contribution in [0.1, 0.15) is 56.4 Å². The van der Waals surface area contributed by atoms with Gasteiger partial charge in [-0.1, -0.05) is 6.08 Å². The number of allylic oxidation sites excluding steroid dienone is 1. The van der Waals surface area contributed by atoms with Crippen molar-refractivity contribution in [1.82, 2.24) is 19.9 Å². The number of aryl methyl sites for hydroxylation is 1. The quantitative estimate of drug-likeness (QED) is 0.307. The molecule has 3 heterocycles. The Balaban J connectivity index is 1.75. The number of nitrogens with zero attached hydrogens (tertiary/aromatic N) is 3. The molecular formula is C24H26BrClF3N5O3. The lowest BCUT2D eigenvalue weighted by atomic mass is 9.80. The van der Waals surface area contributed by atoms with Gasteiger partial charge in [0.1, 0.15) is 21.5 Å². The van der Waals surface area contributed by atoms with Crippen LogP contribution in [0.2, 0.25) is 5.28 Å². The van der Waals surface area contributed by atoms with Crippen molar-refractivity contribution in [3.63, 3.8) is 0 Å². The van der Waals surface area contributed by atoms with Crippen LogP contribution in [0, 0.1) is 6.92 Å². The van der Waals surface area contributed by atoms with E-state index in [1.807, 2.05) is 6.92 Å². The van der Waals surface area contributed by atoms with Crippen LogP contribution in [0.15, 0.2) is 39.1 Å². The van der Waals surface area contributed by atoms with E-state index >= 15 is 0 Å². The molecule has 13 heteroatoms. The lowest BCUT2D eigenvalue weighted by Gasteiger charge is -2.33. The fourth-order valence-corrected chi connectivity index (χ4v) is 5.48. The van der Waals surface area contributed by atoms with Crippen molar-refractivity contribution < 1.29 is 27.1 Å². The van der Waals surface area contributed by atoms with Gasteiger partial charge in [0.05, 0.1) is 12.8 Å². The molecule has 1 aliphatic rings. The van der Waals surface area contributed by atoms with Crippen LogP contribution in [0.25, 0.3) is 5.52 Å². The highest BCUT2D eigenvalue weighted by Crippen LogP contribution is 2.44. The highest BCUT2D eigenvalue weighted by Gasteiger charge is 2.42. The maximum Gasteiger partial charge on any atom is 0.412 e. The maximum atomic E-state index is 13.6. The van der Waals surface area contributed by atoms with E-state index in [0.717, 1.165) is 5.56 Å². The van der Waals surface area contributed by atoms with Crippen LogP contribution >= 0.6 is 27.5 Å². The summed E-state index contributed by atoms with van der Waals surface area (Å²) in [6, 6.07) is 2.69. The fraction of sp³-hybridized carbons (Fsp3) is 0.458. The maximum absolute atomic E-state index is 13.6. The van der Waals surface area contributed by atoms with E-state index in [2.05, 4.69) is 36.6 Å². The van der Waals surface area contributed by atoms with Crippen molar-refractivity contribution in [3.05, 3.63) is 56.8 Å². The summed E-state index contributed by atoms with van der Waals surface area (Å²) in [5, 5.41) is 10.1. The zero-order valence-electron chi connectivity index (χ0n) is 20.5. The van der Waals surface area contributed by atoms with E-state index in [9.17, 15) is 18.0 Å². The summed E-state index contributed by atoms with van der Waals surface area (Å²) in [5.74, 6) is 0.598. The first-order valence-corrected chi connectivity index (χ1v) is 12.7. The molecular weight excluding hydrogens is 579 g/mol. The number of aromatic nitrogens is 3. The van der Waals surface area contributed by atoms with E-state index in [-0.39, 0.29) is 11.7 Å². The Bertz CT molecular complexity index is 1330. The molecule has 0 aromatic carbocycles. The number of fused-ring (bicyclic) bond motifs is 1. The highest BCUT2D eigenvalue weighted by atomic mass is 79.9. The molecule has 3 aromatic rings. The number of amides is 1. The van der Waals surface area contributed by atoms with Crippen molar-refractivity contribution in [2.24, 2.45) is 0 Å². The number of hydrogen-bond donors (Lipinski definition) is 2. The summed E-state index contributed by atoms with van der Waals surface area (Å²) >= 11 is 9.77. The predicted molar refractivity (Wildman–Crippen MR) is 136 cm³/mol. The molecule has 3 aromatic heterocycles. The number of furan rings is 1. The van der Waals surface area contributed by atoms with E-state index in [4.69, 9.17) is 20.8 Å². The smallest absolute Gasteiger partial charge is 0.412 e. The average Bonchev–Trinajstić information content (AvgIpc) is 3.37. The third-order valence-corrected chi connectivity index (χ3v) is 6.90. The molecule has 0 spiro atoms. The molecule has 4 rings (SSSR count). The minimum Gasteiger partial charge on any atom is -0.467 e. The molecule has 2 unspecified atom stereocenters. The molecule has 1 aliphatic carbocycles. The van der Waals surface area contributed by atoms with E-state index in [1.54, 1.807) is 43.7 Å². The van der Waals surface area contributed by atoms with Crippen molar-refractivity contribution in [3.8, 4) is 0 Å². The second kappa shape index (κ2) is 10.2. The Morgan fingerprint density at radius 3 is 2.70 bits per heavy atom. The molecule has 2 N–H and O–H groups in total. The number of carbonyl (C=O) groups excluding carboxylic acids is 1. The molecule has 0 saturated heterocycles. The number of alkyl halides is 3. The van der Waals surface area contributed by atoms with Crippen molar-refractivity contribution in [2.75, 3.05) is 5.32 Å². The van der Waals surface area contributed by atoms with Crippen LogP contribution in [-0.2, 0) is 11.3 Å². The molecule has 0 fully saturated rings. The van der Waals surface area contributed by atoms with Crippen LogP contribution in [-0.4, -0.2) is 38.5 Å². The number of rotatable bonds is 5. The summed E-state index contributed by atoms with van der Waals surface area (Å²) in [5.41, 5.74) is 0.524. The largest absolute Gasteiger partial charge is 0.467 e. The number of carbonyl (C=O) groups is 1. The topological polar surface area (TPSA) is 93.7 Å². The van der Waals surface area contributed by atoms with Gasteiger partial charge in [-0.15, -0.1) is 5.10 Å². The Labute approximate surface area is 224 Å². The van der Waals surface area contributed by atoms with Crippen molar-refractivity contribution in [2.45, 2.75) is 70.8 Å². The standard InChI is InChI=1S/C24H26BrClF3N5O3/c1-12-17(15-8-7-13(24(27,28)29)10-16(15)31-22(35)37-23(2,3)4)19(25)34-18(12)20(32-21(26)33-34)30-11-14-6-5-9-36-14/h5-7,9,15-16H,8,10-11H2,1-4H3,(H,31,35)(H,30,32,33). The van der Waals surface area contributed by atoms with E-state index in [1.165, 1.54) is 6.08 Å². The zero-order chi connectivity index (χ0) is 27.1. The van der Waals surface area contributed by atoms with Crippen molar-refractivity contribution >= 4 is 45.0 Å². The summed E-state index contributed by atoms with van der Waals surface area (Å²) < 4.78 is 53.6. The van der Waals surface area contributed by atoms with E-state index < -0.39 is 41.8 Å². The monoisotopic (exact) mass is 603 g/mol. The normalized spacial score (nSPS) is 18.6. The van der Waals surface area contributed by atoms with Crippen LogP contribution in [0.4, 0.5) is 23.8 Å². The average molecular weight is 605 g/mol. The minimum absolute atomic E-state index is 0.0250. The molecule has 0 aliphatic heterocycles. The number of nitrogens with one attached hydrogen (secondary N) is 2. The van der Waals surface area contributed by atoms with Gasteiger partial charge in [0.25, 0.3) is 0 Å². The highest BCUT2D eigenvalue weighted by molar-refractivity contribution is 9.10. The van der Waals surface area contributed by atoms with Crippen LogP contribution in [0.5, 0.6) is 0 Å². The van der Waals surface area contributed by atoms with Gasteiger partial charge in [0, 0.05) is 17.5 Å². The third kappa shape index (κ3) is 6.06. The Morgan fingerprint density at radius 1 is 1.35 bits per heavy atom. The van der Waals surface area contributed by atoms with Gasteiger partial charge in [-0.25, -0.2) is 9.31 Å². The molecule has 0 saturated carbocycles. The molecule has 37 heavy (non-hydrogen) atoms. The lowest BCUT2D eigenvalue weighted by Crippen LogP contribution is -2.44. The summed E-state index contributed by atoms with van der Waals surface area (Å²) in [7, 11) is 0. The Hall–Kier alpha value is -2.73. The molecule has 200 valence electrons. The van der Waals surface area contributed by atoms with Gasteiger partial charge in [-0.2, -0.15) is 18.2 Å². The van der Waals surface area contributed by atoms with Crippen molar-refractivity contribution in [1.29, 1.82) is 0 Å². The SMILES string of the molecule is Cc1c(C2CC=C(C(F)(F)F)CC2NC(=O)OC(C)(C)C)c(Br)n2nc(Cl)nc(NCc3ccco3)c12. The van der Waals surface area contributed by atoms with Crippen LogP contribution < -0.4 is 10.6 Å². The van der Waals surface area contributed by atoms with Crippen LogP contribution in [0.3, 0.4) is 0 Å². The molecule has 1 amide bonds. The minimum atomic E-state index is -4.50. The first-order chi connectivity index (χ1) is 17.2. The van der Waals surface area contributed by atoms with E-state index in [0.29, 0.717) is 33.8 Å². The number of anilines is 1. The molecule has 0 bridgehead atoms. The molecule has 2 atom stereocenters. The van der Waals surface area contributed by atoms with Gasteiger partial charge >= 0.3 is 12.3 Å². The zero-order valence-corrected chi connectivity index (χ0v) is 22.9. The third-order valence-electron chi connectivity index (χ3n) is 5.98. The number of halogens is 5. The van der Waals surface area contributed by atoms with Gasteiger partial charge in [0.2, 0.25) is 5.28 Å². The van der Waals surface area contributed by atoms with Gasteiger partial charge in [0.15, 0.2) is 5.82 Å². The summed E-state index contributed by atoms with van der Waals surface area (Å²) in [4.78, 5) is 16.9. The predicted octanol–water partition coefficient (Wildman–Crippen LogP) is 6.92. The van der Waals surface area contributed by atoms with Gasteiger partial charge in [-0.05, 0) is 91.3 Å². The Kier molecular flexibility index (Phi) is 7.53.